The molecule has 0 aliphatic carbocycles. The fourth-order valence-electron chi connectivity index (χ4n) is 1.09. The van der Waals surface area contributed by atoms with Crippen LogP contribution in [0.4, 0.5) is 19.1 Å². The van der Waals surface area contributed by atoms with Gasteiger partial charge in [-0.15, -0.1) is 0 Å². The van der Waals surface area contributed by atoms with Crippen molar-refractivity contribution in [2.24, 2.45) is 0 Å². The van der Waals surface area contributed by atoms with E-state index in [1.165, 1.54) is 7.05 Å². The zero-order chi connectivity index (χ0) is 13.8. The molecule has 0 aliphatic rings. The number of aromatic nitrogens is 2. The molecule has 0 saturated carbocycles. The molecule has 1 rings (SSSR count). The summed E-state index contributed by atoms with van der Waals surface area (Å²) in [5.41, 5.74) is -1.03. The number of likely N-dealkylation sites (N-methyl/N-ethyl adjacent to an activating group) is 1. The van der Waals surface area contributed by atoms with Crippen LogP contribution < -0.4 is 10.1 Å². The largest absolute Gasteiger partial charge is 0.476 e. The summed E-state index contributed by atoms with van der Waals surface area (Å²) in [5, 5.41) is 2.47. The first-order valence-corrected chi connectivity index (χ1v) is 5.24. The van der Waals surface area contributed by atoms with Gasteiger partial charge < -0.3 is 15.0 Å². The third-order valence-electron chi connectivity index (χ3n) is 2.01. The van der Waals surface area contributed by atoms with Crippen LogP contribution >= 0.6 is 0 Å². The van der Waals surface area contributed by atoms with Gasteiger partial charge in [0.25, 0.3) is 0 Å². The Morgan fingerprint density at radius 3 is 2.50 bits per heavy atom. The predicted molar refractivity (Wildman–Crippen MR) is 60.6 cm³/mol. The molecular weight excluding hydrogens is 249 g/mol. The van der Waals surface area contributed by atoms with E-state index in [-0.39, 0.29) is 18.4 Å². The highest BCUT2D eigenvalue weighted by Gasteiger charge is 2.33. The third kappa shape index (κ3) is 4.36. The average molecular weight is 264 g/mol. The summed E-state index contributed by atoms with van der Waals surface area (Å²) in [6.07, 6.45) is -4.52. The normalized spacial score (nSPS) is 11.7. The Morgan fingerprint density at radius 1 is 1.33 bits per heavy atom. The quantitative estimate of drug-likeness (QED) is 0.873. The van der Waals surface area contributed by atoms with Crippen LogP contribution in [-0.2, 0) is 6.18 Å². The molecule has 0 fully saturated rings. The third-order valence-corrected chi connectivity index (χ3v) is 2.01. The van der Waals surface area contributed by atoms with Gasteiger partial charge in [0.1, 0.15) is 6.61 Å². The van der Waals surface area contributed by atoms with Gasteiger partial charge in [-0.25, -0.2) is 4.98 Å². The molecule has 0 bridgehead atoms. The number of anilines is 1. The van der Waals surface area contributed by atoms with Crippen LogP contribution in [0.5, 0.6) is 5.88 Å². The summed E-state index contributed by atoms with van der Waals surface area (Å²) >= 11 is 0. The summed E-state index contributed by atoms with van der Waals surface area (Å²) < 4.78 is 42.8. The van der Waals surface area contributed by atoms with E-state index >= 15 is 0 Å². The molecule has 0 atom stereocenters. The lowest BCUT2D eigenvalue weighted by molar-refractivity contribution is -0.141. The second kappa shape index (κ2) is 5.85. The van der Waals surface area contributed by atoms with Gasteiger partial charge in [0.15, 0.2) is 5.69 Å². The minimum Gasteiger partial charge on any atom is -0.476 e. The van der Waals surface area contributed by atoms with Gasteiger partial charge in [-0.2, -0.15) is 18.2 Å². The number of rotatable bonds is 5. The molecule has 102 valence electrons. The first kappa shape index (κ1) is 14.5. The van der Waals surface area contributed by atoms with Crippen LogP contribution in [0.1, 0.15) is 5.69 Å². The summed E-state index contributed by atoms with van der Waals surface area (Å²) in [4.78, 5) is 8.98. The Kier molecular flexibility index (Phi) is 4.71. The van der Waals surface area contributed by atoms with Crippen molar-refractivity contribution >= 4 is 5.95 Å². The van der Waals surface area contributed by atoms with Gasteiger partial charge in [-0.05, 0) is 14.1 Å². The van der Waals surface area contributed by atoms with Crippen molar-refractivity contribution in [3.05, 3.63) is 11.8 Å². The van der Waals surface area contributed by atoms with Crippen molar-refractivity contribution in [3.63, 3.8) is 0 Å². The number of nitrogens with zero attached hydrogens (tertiary/aromatic N) is 3. The molecule has 0 radical (unpaired) electrons. The Bertz CT molecular complexity index is 395. The summed E-state index contributed by atoms with van der Waals surface area (Å²) in [6, 6.07) is 0.788. The highest BCUT2D eigenvalue weighted by molar-refractivity contribution is 5.31. The van der Waals surface area contributed by atoms with Crippen molar-refractivity contribution < 1.29 is 17.9 Å². The Labute approximate surface area is 103 Å². The van der Waals surface area contributed by atoms with E-state index in [9.17, 15) is 13.2 Å². The van der Waals surface area contributed by atoms with Crippen molar-refractivity contribution in [1.82, 2.24) is 14.9 Å². The predicted octanol–water partition coefficient (Wildman–Crippen LogP) is 1.48. The molecule has 1 aromatic heterocycles. The number of nitrogens with one attached hydrogen (secondary N) is 1. The number of hydrogen-bond acceptors (Lipinski definition) is 5. The average Bonchev–Trinajstić information content (AvgIpc) is 2.27. The van der Waals surface area contributed by atoms with Crippen LogP contribution in [0.2, 0.25) is 0 Å². The Hall–Kier alpha value is -1.57. The highest BCUT2D eigenvalue weighted by atomic mass is 19.4. The first-order valence-electron chi connectivity index (χ1n) is 5.24. The molecule has 8 heteroatoms. The monoisotopic (exact) mass is 264 g/mol. The maximum atomic E-state index is 12.6. The SMILES string of the molecule is CNc1nc(OCCN(C)C)cc(C(F)(F)F)n1. The van der Waals surface area contributed by atoms with Gasteiger partial charge in [0.2, 0.25) is 11.8 Å². The maximum absolute atomic E-state index is 12.6. The van der Waals surface area contributed by atoms with Crippen LogP contribution in [0.15, 0.2) is 6.07 Å². The molecule has 0 saturated heterocycles. The molecule has 1 aromatic rings. The first-order chi connectivity index (χ1) is 8.32. The van der Waals surface area contributed by atoms with E-state index in [1.54, 1.807) is 0 Å². The van der Waals surface area contributed by atoms with E-state index < -0.39 is 11.9 Å². The van der Waals surface area contributed by atoms with Crippen molar-refractivity contribution in [2.75, 3.05) is 39.6 Å². The Balaban J connectivity index is 2.84. The zero-order valence-electron chi connectivity index (χ0n) is 10.4. The lowest BCUT2D eigenvalue weighted by Gasteiger charge is -2.12. The molecule has 0 unspecified atom stereocenters. The van der Waals surface area contributed by atoms with Crippen LogP contribution in [-0.4, -0.2) is 49.2 Å². The van der Waals surface area contributed by atoms with E-state index in [4.69, 9.17) is 4.74 Å². The molecule has 0 aliphatic heterocycles. The second-order valence-corrected chi connectivity index (χ2v) is 3.81. The van der Waals surface area contributed by atoms with Gasteiger partial charge >= 0.3 is 6.18 Å². The topological polar surface area (TPSA) is 50.3 Å². The number of ether oxygens (including phenoxy) is 1. The number of alkyl halides is 3. The van der Waals surface area contributed by atoms with Crippen LogP contribution in [0.3, 0.4) is 0 Å². The lowest BCUT2D eigenvalue weighted by Crippen LogP contribution is -2.20. The zero-order valence-corrected chi connectivity index (χ0v) is 10.4. The van der Waals surface area contributed by atoms with Gasteiger partial charge in [0.05, 0.1) is 0 Å². The number of halogens is 3. The minimum atomic E-state index is -4.52. The summed E-state index contributed by atoms with van der Waals surface area (Å²) in [7, 11) is 5.12. The van der Waals surface area contributed by atoms with Gasteiger partial charge in [-0.1, -0.05) is 0 Å². The second-order valence-electron chi connectivity index (χ2n) is 3.81. The smallest absolute Gasteiger partial charge is 0.433 e. The van der Waals surface area contributed by atoms with E-state index in [0.717, 1.165) is 6.07 Å². The lowest BCUT2D eigenvalue weighted by atomic mass is 10.4. The molecule has 5 nitrogen and oxygen atoms in total. The number of hydrogen-bond donors (Lipinski definition) is 1. The van der Waals surface area contributed by atoms with Crippen molar-refractivity contribution in [2.45, 2.75) is 6.18 Å². The molecule has 0 spiro atoms. The summed E-state index contributed by atoms with van der Waals surface area (Å²) in [6.45, 7) is 0.838. The highest BCUT2D eigenvalue weighted by Crippen LogP contribution is 2.30. The molecular formula is C10H15F3N4O. The Morgan fingerprint density at radius 2 is 2.00 bits per heavy atom. The van der Waals surface area contributed by atoms with E-state index in [0.29, 0.717) is 6.54 Å². The van der Waals surface area contributed by atoms with Crippen LogP contribution in [0, 0.1) is 0 Å². The molecule has 0 amide bonds. The fourth-order valence-corrected chi connectivity index (χ4v) is 1.09. The standard InChI is InChI=1S/C10H15F3N4O/c1-14-9-15-7(10(11,12)13)6-8(16-9)18-5-4-17(2)3/h6H,4-5H2,1-3H3,(H,14,15,16). The maximum Gasteiger partial charge on any atom is 0.433 e. The van der Waals surface area contributed by atoms with Crippen LogP contribution in [0.25, 0.3) is 0 Å². The van der Waals surface area contributed by atoms with Gasteiger partial charge in [0, 0.05) is 19.7 Å². The molecule has 1 N–H and O–H groups in total. The minimum absolute atomic E-state index is 0.0940. The van der Waals surface area contributed by atoms with E-state index in [1.807, 2.05) is 19.0 Å². The summed E-state index contributed by atoms with van der Waals surface area (Å²) in [5.74, 6) is -0.215. The van der Waals surface area contributed by atoms with Crippen molar-refractivity contribution in [3.8, 4) is 5.88 Å². The molecule has 0 aromatic carbocycles. The fraction of sp³-hybridized carbons (Fsp3) is 0.600. The van der Waals surface area contributed by atoms with E-state index in [2.05, 4.69) is 15.3 Å². The van der Waals surface area contributed by atoms with Crippen molar-refractivity contribution in [1.29, 1.82) is 0 Å². The molecule has 18 heavy (non-hydrogen) atoms. The van der Waals surface area contributed by atoms with Gasteiger partial charge in [-0.3, -0.25) is 0 Å². The molecule has 1 heterocycles.